The van der Waals surface area contributed by atoms with Crippen molar-refractivity contribution in [3.8, 4) is 0 Å². The van der Waals surface area contributed by atoms with Crippen LogP contribution in [0.4, 0.5) is 4.79 Å². The number of unbranched alkanes of at least 4 members (excludes halogenated alkanes) is 1. The first kappa shape index (κ1) is 23.5. The van der Waals surface area contributed by atoms with Crippen molar-refractivity contribution in [2.45, 2.75) is 59.5 Å². The van der Waals surface area contributed by atoms with Gasteiger partial charge in [-0.3, -0.25) is 4.99 Å². The number of carbonyl (C=O) groups excluding carboxylic acids is 1. The molecule has 7 nitrogen and oxygen atoms in total. The highest BCUT2D eigenvalue weighted by Crippen LogP contribution is 2.06. The average Bonchev–Trinajstić information content (AvgIpc) is 2.54. The van der Waals surface area contributed by atoms with Gasteiger partial charge in [0.2, 0.25) is 0 Å². The van der Waals surface area contributed by atoms with Crippen LogP contribution in [0.2, 0.25) is 0 Å². The van der Waals surface area contributed by atoms with E-state index in [1.807, 2.05) is 20.8 Å². The van der Waals surface area contributed by atoms with Gasteiger partial charge in [0.15, 0.2) is 5.96 Å². The maximum Gasteiger partial charge on any atom is 0.407 e. The lowest BCUT2D eigenvalue weighted by Crippen LogP contribution is -2.39. The molecule has 0 radical (unpaired) electrons. The second kappa shape index (κ2) is 13.8. The zero-order valence-corrected chi connectivity index (χ0v) is 17.1. The number of amides is 1. The topological polar surface area (TPSA) is 78.0 Å². The van der Waals surface area contributed by atoms with Crippen LogP contribution in [0, 0.1) is 0 Å². The van der Waals surface area contributed by atoms with Crippen LogP contribution >= 0.6 is 0 Å². The van der Waals surface area contributed by atoms with Gasteiger partial charge in [-0.05, 0) is 59.7 Å². The third kappa shape index (κ3) is 14.5. The Morgan fingerprint density at radius 3 is 2.04 bits per heavy atom. The van der Waals surface area contributed by atoms with E-state index in [1.54, 1.807) is 7.05 Å². The molecule has 0 rings (SSSR count). The smallest absolute Gasteiger partial charge is 0.407 e. The van der Waals surface area contributed by atoms with Crippen molar-refractivity contribution in [1.29, 1.82) is 0 Å². The van der Waals surface area contributed by atoms with E-state index in [0.717, 1.165) is 51.5 Å². The number of nitrogens with one attached hydrogen (secondary N) is 3. The van der Waals surface area contributed by atoms with E-state index in [4.69, 9.17) is 4.74 Å². The van der Waals surface area contributed by atoms with E-state index in [9.17, 15) is 4.79 Å². The van der Waals surface area contributed by atoms with Crippen molar-refractivity contribution in [3.63, 3.8) is 0 Å². The molecule has 0 aliphatic rings. The van der Waals surface area contributed by atoms with E-state index in [0.29, 0.717) is 6.54 Å². The normalized spacial score (nSPS) is 12.2. The minimum atomic E-state index is -0.459. The van der Waals surface area contributed by atoms with Crippen LogP contribution in [0.5, 0.6) is 0 Å². The molecular weight excluding hydrogens is 318 g/mol. The number of carbonyl (C=O) groups is 1. The minimum absolute atomic E-state index is 0.372. The Balaban J connectivity index is 3.68. The van der Waals surface area contributed by atoms with Gasteiger partial charge >= 0.3 is 6.09 Å². The number of guanidine groups is 1. The van der Waals surface area contributed by atoms with E-state index < -0.39 is 5.60 Å². The maximum atomic E-state index is 11.5. The molecule has 0 fully saturated rings. The standard InChI is InChI=1S/C18H39N5O2/c1-7-23(8-2)15-10-9-12-20-16(19-6)21-13-11-14-22-17(24)25-18(3,4)5/h7-15H2,1-6H3,(H,22,24)(H2,19,20,21). The van der Waals surface area contributed by atoms with Crippen molar-refractivity contribution in [2.75, 3.05) is 46.3 Å². The fourth-order valence-electron chi connectivity index (χ4n) is 2.23. The van der Waals surface area contributed by atoms with E-state index in [2.05, 4.69) is 39.7 Å². The first-order chi connectivity index (χ1) is 11.8. The van der Waals surface area contributed by atoms with Crippen molar-refractivity contribution in [3.05, 3.63) is 0 Å². The SMILES string of the molecule is CCN(CC)CCCCNC(=NC)NCCCNC(=O)OC(C)(C)C. The van der Waals surface area contributed by atoms with Gasteiger partial charge < -0.3 is 25.6 Å². The third-order valence-electron chi connectivity index (χ3n) is 3.63. The number of alkyl carbamates (subject to hydrolysis) is 1. The predicted octanol–water partition coefficient (Wildman–Crippen LogP) is 2.19. The summed E-state index contributed by atoms with van der Waals surface area (Å²) >= 11 is 0. The van der Waals surface area contributed by atoms with Crippen LogP contribution in [-0.2, 0) is 4.74 Å². The van der Waals surface area contributed by atoms with Crippen LogP contribution in [0.1, 0.15) is 53.9 Å². The molecule has 0 atom stereocenters. The molecule has 25 heavy (non-hydrogen) atoms. The van der Waals surface area contributed by atoms with Gasteiger partial charge in [-0.15, -0.1) is 0 Å². The van der Waals surface area contributed by atoms with Gasteiger partial charge in [-0.25, -0.2) is 4.79 Å². The quantitative estimate of drug-likeness (QED) is 0.300. The van der Waals surface area contributed by atoms with Crippen LogP contribution in [0.15, 0.2) is 4.99 Å². The Morgan fingerprint density at radius 2 is 1.52 bits per heavy atom. The van der Waals surface area contributed by atoms with Gasteiger partial charge in [-0.1, -0.05) is 13.8 Å². The Bertz CT molecular complexity index is 376. The van der Waals surface area contributed by atoms with Gasteiger partial charge in [0.25, 0.3) is 0 Å². The van der Waals surface area contributed by atoms with Gasteiger partial charge in [-0.2, -0.15) is 0 Å². The summed E-state index contributed by atoms with van der Waals surface area (Å²) in [7, 11) is 1.77. The lowest BCUT2D eigenvalue weighted by atomic mass is 10.2. The molecule has 148 valence electrons. The fourth-order valence-corrected chi connectivity index (χ4v) is 2.23. The van der Waals surface area contributed by atoms with Gasteiger partial charge in [0.1, 0.15) is 5.60 Å². The molecule has 7 heteroatoms. The Labute approximate surface area is 154 Å². The van der Waals surface area contributed by atoms with Crippen LogP contribution in [0.25, 0.3) is 0 Å². The summed E-state index contributed by atoms with van der Waals surface area (Å²) in [5.74, 6) is 0.806. The average molecular weight is 358 g/mol. The monoisotopic (exact) mass is 357 g/mol. The molecule has 0 aliphatic carbocycles. The highest BCUT2D eigenvalue weighted by atomic mass is 16.6. The number of nitrogens with zero attached hydrogens (tertiary/aromatic N) is 2. The summed E-state index contributed by atoms with van der Waals surface area (Å²) in [5.41, 5.74) is -0.459. The van der Waals surface area contributed by atoms with Crippen LogP contribution in [-0.4, -0.2) is 68.9 Å². The first-order valence-corrected chi connectivity index (χ1v) is 9.46. The second-order valence-electron chi connectivity index (χ2n) is 6.94. The summed E-state index contributed by atoms with van der Waals surface area (Å²) in [6.07, 6.45) is 2.74. The molecule has 0 aliphatic heterocycles. The lowest BCUT2D eigenvalue weighted by molar-refractivity contribution is 0.0527. The number of aliphatic imine (C=N–C) groups is 1. The third-order valence-corrected chi connectivity index (χ3v) is 3.63. The first-order valence-electron chi connectivity index (χ1n) is 9.46. The van der Waals surface area contributed by atoms with Crippen molar-refractivity contribution >= 4 is 12.1 Å². The molecule has 0 unspecified atom stereocenters. The molecule has 0 heterocycles. The van der Waals surface area contributed by atoms with Crippen molar-refractivity contribution in [1.82, 2.24) is 20.9 Å². The summed E-state index contributed by atoms with van der Waals surface area (Å²) in [4.78, 5) is 18.2. The van der Waals surface area contributed by atoms with E-state index in [-0.39, 0.29) is 6.09 Å². The molecule has 0 aromatic rings. The summed E-state index contributed by atoms with van der Waals surface area (Å²) in [5, 5.41) is 9.31. The van der Waals surface area contributed by atoms with Gasteiger partial charge in [0, 0.05) is 26.7 Å². The lowest BCUT2D eigenvalue weighted by Gasteiger charge is -2.19. The largest absolute Gasteiger partial charge is 0.444 e. The summed E-state index contributed by atoms with van der Waals surface area (Å²) in [6.45, 7) is 15.6. The molecular formula is C18H39N5O2. The molecule has 0 bridgehead atoms. The molecule has 1 amide bonds. The van der Waals surface area contributed by atoms with Gasteiger partial charge in [0.05, 0.1) is 0 Å². The zero-order chi connectivity index (χ0) is 19.1. The van der Waals surface area contributed by atoms with E-state index in [1.165, 1.54) is 6.42 Å². The number of hydrogen-bond acceptors (Lipinski definition) is 4. The molecule has 0 spiro atoms. The van der Waals surface area contributed by atoms with Crippen molar-refractivity contribution in [2.24, 2.45) is 4.99 Å². The predicted molar refractivity (Wildman–Crippen MR) is 105 cm³/mol. The summed E-state index contributed by atoms with van der Waals surface area (Å²) in [6, 6.07) is 0. The highest BCUT2D eigenvalue weighted by Gasteiger charge is 2.15. The second-order valence-corrected chi connectivity index (χ2v) is 6.94. The number of hydrogen-bond donors (Lipinski definition) is 3. The van der Waals surface area contributed by atoms with Crippen LogP contribution in [0.3, 0.4) is 0 Å². The molecule has 0 aromatic heterocycles. The highest BCUT2D eigenvalue weighted by molar-refractivity contribution is 5.79. The maximum absolute atomic E-state index is 11.5. The minimum Gasteiger partial charge on any atom is -0.444 e. The molecule has 0 aromatic carbocycles. The number of ether oxygens (including phenoxy) is 1. The fraction of sp³-hybridized carbons (Fsp3) is 0.889. The number of rotatable bonds is 11. The Morgan fingerprint density at radius 1 is 0.960 bits per heavy atom. The zero-order valence-electron chi connectivity index (χ0n) is 17.1. The summed E-state index contributed by atoms with van der Waals surface area (Å²) < 4.78 is 5.19. The van der Waals surface area contributed by atoms with Crippen molar-refractivity contribution < 1.29 is 9.53 Å². The molecule has 0 saturated carbocycles. The molecule has 3 N–H and O–H groups in total. The Hall–Kier alpha value is -1.50. The molecule has 0 saturated heterocycles. The van der Waals surface area contributed by atoms with Crippen LogP contribution < -0.4 is 16.0 Å². The van der Waals surface area contributed by atoms with E-state index >= 15 is 0 Å². The Kier molecular flexibility index (Phi) is 12.9.